The fourth-order valence-electron chi connectivity index (χ4n) is 10.7. The zero-order valence-corrected chi connectivity index (χ0v) is 41.4. The van der Waals surface area contributed by atoms with E-state index in [1.165, 1.54) is 54.9 Å². The maximum absolute atomic E-state index is 5.75. The molecule has 4 nitrogen and oxygen atoms in total. The predicted octanol–water partition coefficient (Wildman–Crippen LogP) is 18.8. The van der Waals surface area contributed by atoms with Crippen LogP contribution in [0.5, 0.6) is 0 Å². The third-order valence-corrected chi connectivity index (χ3v) is 14.2. The summed E-state index contributed by atoms with van der Waals surface area (Å²) in [5.41, 5.74) is 15.8. The van der Waals surface area contributed by atoms with Gasteiger partial charge in [0, 0.05) is 33.3 Å². The van der Waals surface area contributed by atoms with Crippen molar-refractivity contribution in [3.8, 4) is 22.5 Å². The maximum Gasteiger partial charge on any atom is 0.138 e. The van der Waals surface area contributed by atoms with Crippen molar-refractivity contribution in [2.45, 2.75) is 67.2 Å². The number of hydrogen-bond donors (Lipinski definition) is 0. The molecule has 9 aromatic carbocycles. The van der Waals surface area contributed by atoms with Gasteiger partial charge in [0.05, 0.1) is 22.8 Å². The van der Waals surface area contributed by atoms with Gasteiger partial charge in [-0.3, -0.25) is 9.80 Å². The molecular weight excluding hydrogens is 849 g/mol. The second-order valence-corrected chi connectivity index (χ2v) is 19.6. The van der Waals surface area contributed by atoms with Crippen LogP contribution in [0.4, 0.5) is 34.4 Å². The Hall–Kier alpha value is -8.08. The van der Waals surface area contributed by atoms with Gasteiger partial charge < -0.3 is 0 Å². The summed E-state index contributed by atoms with van der Waals surface area (Å²) in [6, 6.07) is 71.1. The van der Waals surface area contributed by atoms with E-state index >= 15 is 0 Å². The highest BCUT2D eigenvalue weighted by Crippen LogP contribution is 2.50. The van der Waals surface area contributed by atoms with Crippen LogP contribution in [-0.4, -0.2) is 9.97 Å². The molecule has 11 rings (SSSR count). The van der Waals surface area contributed by atoms with E-state index in [9.17, 15) is 0 Å². The minimum absolute atomic E-state index is 0.427. The molecule has 11 aromatic rings. The summed E-state index contributed by atoms with van der Waals surface area (Å²) in [5.74, 6) is 2.57. The molecule has 0 saturated heterocycles. The van der Waals surface area contributed by atoms with E-state index in [0.717, 1.165) is 78.4 Å². The minimum Gasteiger partial charge on any atom is -0.295 e. The highest BCUT2D eigenvalue weighted by molar-refractivity contribution is 6.36. The molecule has 0 amide bonds. The van der Waals surface area contributed by atoms with E-state index in [1.54, 1.807) is 0 Å². The number of benzene rings is 9. The smallest absolute Gasteiger partial charge is 0.138 e. The molecule has 4 heteroatoms. The molecule has 0 atom stereocenters. The van der Waals surface area contributed by atoms with Crippen molar-refractivity contribution in [3.63, 3.8) is 0 Å². The molecule has 0 saturated carbocycles. The molecule has 0 aliphatic carbocycles. The van der Waals surface area contributed by atoms with Crippen molar-refractivity contribution < 1.29 is 0 Å². The first kappa shape index (κ1) is 44.4. The first-order chi connectivity index (χ1) is 34.0. The van der Waals surface area contributed by atoms with Gasteiger partial charge in [0.25, 0.3) is 0 Å². The van der Waals surface area contributed by atoms with Gasteiger partial charge in [-0.2, -0.15) is 0 Å². The van der Waals surface area contributed by atoms with Gasteiger partial charge in [0.1, 0.15) is 11.6 Å². The van der Waals surface area contributed by atoms with Crippen LogP contribution in [0.1, 0.15) is 72.9 Å². The lowest BCUT2D eigenvalue weighted by Crippen LogP contribution is -2.13. The number of anilines is 6. The first-order valence-corrected chi connectivity index (χ1v) is 24.7. The highest BCUT2D eigenvalue weighted by atomic mass is 15.2. The predicted molar refractivity (Wildman–Crippen MR) is 299 cm³/mol. The summed E-state index contributed by atoms with van der Waals surface area (Å²) in [6.07, 6.45) is 0. The van der Waals surface area contributed by atoms with Crippen LogP contribution in [0.15, 0.2) is 194 Å². The summed E-state index contributed by atoms with van der Waals surface area (Å²) in [7, 11) is 0. The lowest BCUT2D eigenvalue weighted by atomic mass is 9.83. The Morgan fingerprint density at radius 1 is 0.343 bits per heavy atom. The lowest BCUT2D eigenvalue weighted by Gasteiger charge is -2.28. The standard InChI is InChI=1S/C66H58N4/c1-41(2)47-29-33-49(34-30-47)69(59-37-27-43(5)39-45(59)7)61-25-15-23-57(67-61)63-55-21-13-14-22-56(55)64(66-54-20-12-10-18-52(54)51-17-9-11-19-53(51)65(63)66)58-24-16-26-62(68-58)70(60-38-28-44(6)40-46(60)8)50-35-31-48(32-36-50)42(3)4/h9-42H,1-8H3. The fraction of sp³-hybridized carbons (Fsp3) is 0.152. The third-order valence-electron chi connectivity index (χ3n) is 14.2. The second kappa shape index (κ2) is 18.1. The van der Waals surface area contributed by atoms with Gasteiger partial charge in [-0.25, -0.2) is 9.97 Å². The summed E-state index contributed by atoms with van der Waals surface area (Å²) in [5, 5.41) is 9.34. The van der Waals surface area contributed by atoms with Crippen LogP contribution >= 0.6 is 0 Å². The molecule has 0 unspecified atom stereocenters. The Morgan fingerprint density at radius 2 is 0.700 bits per heavy atom. The number of hydrogen-bond acceptors (Lipinski definition) is 4. The monoisotopic (exact) mass is 906 g/mol. The van der Waals surface area contributed by atoms with E-state index in [4.69, 9.17) is 9.97 Å². The Kier molecular flexibility index (Phi) is 11.5. The van der Waals surface area contributed by atoms with Crippen molar-refractivity contribution in [1.82, 2.24) is 9.97 Å². The number of aromatic nitrogens is 2. The quantitative estimate of drug-likeness (QED) is 0.101. The Bertz CT molecular complexity index is 3520. The Morgan fingerprint density at radius 3 is 1.06 bits per heavy atom. The Labute approximate surface area is 412 Å². The maximum atomic E-state index is 5.75. The first-order valence-electron chi connectivity index (χ1n) is 24.7. The largest absolute Gasteiger partial charge is 0.295 e. The zero-order chi connectivity index (χ0) is 48.2. The number of fused-ring (bicyclic) bond motifs is 7. The molecule has 0 bridgehead atoms. The molecule has 0 aliphatic rings. The average Bonchev–Trinajstić information content (AvgIpc) is 3.37. The van der Waals surface area contributed by atoms with E-state index in [-0.39, 0.29) is 0 Å². The van der Waals surface area contributed by atoms with Gasteiger partial charge in [0.15, 0.2) is 0 Å². The van der Waals surface area contributed by atoms with E-state index < -0.39 is 0 Å². The molecule has 0 radical (unpaired) electrons. The summed E-state index contributed by atoms with van der Waals surface area (Å²) in [4.78, 5) is 16.1. The van der Waals surface area contributed by atoms with Crippen molar-refractivity contribution in [3.05, 3.63) is 228 Å². The number of rotatable bonds is 10. The van der Waals surface area contributed by atoms with Crippen LogP contribution in [0.25, 0.3) is 65.6 Å². The molecule has 0 fully saturated rings. The fourth-order valence-corrected chi connectivity index (χ4v) is 10.7. The number of pyridine rings is 2. The normalized spacial score (nSPS) is 11.7. The summed E-state index contributed by atoms with van der Waals surface area (Å²) >= 11 is 0. The molecule has 0 spiro atoms. The molecule has 2 aromatic heterocycles. The molecule has 0 N–H and O–H groups in total. The van der Waals surface area contributed by atoms with E-state index in [1.807, 2.05) is 0 Å². The van der Waals surface area contributed by atoms with Gasteiger partial charge >= 0.3 is 0 Å². The van der Waals surface area contributed by atoms with Crippen molar-refractivity contribution in [2.24, 2.45) is 0 Å². The lowest BCUT2D eigenvalue weighted by molar-refractivity contribution is 0.866. The average molecular weight is 907 g/mol. The summed E-state index contributed by atoms with van der Waals surface area (Å²) < 4.78 is 0. The van der Waals surface area contributed by atoms with Crippen LogP contribution < -0.4 is 9.80 Å². The van der Waals surface area contributed by atoms with Crippen LogP contribution in [0.3, 0.4) is 0 Å². The second-order valence-electron chi connectivity index (χ2n) is 19.6. The zero-order valence-electron chi connectivity index (χ0n) is 41.4. The Balaban J connectivity index is 1.21. The van der Waals surface area contributed by atoms with E-state index in [0.29, 0.717) is 11.8 Å². The number of aryl methyl sites for hydroxylation is 4. The summed E-state index contributed by atoms with van der Waals surface area (Å²) in [6.45, 7) is 17.7. The highest BCUT2D eigenvalue weighted by Gasteiger charge is 2.26. The topological polar surface area (TPSA) is 32.3 Å². The van der Waals surface area contributed by atoms with Crippen molar-refractivity contribution in [1.29, 1.82) is 0 Å². The van der Waals surface area contributed by atoms with Crippen LogP contribution in [-0.2, 0) is 0 Å². The SMILES string of the molecule is Cc1ccc(N(c2ccc(C(C)C)cc2)c2cccc(-c3c4ccccc4c(-c4cccc(N(c5ccc(C(C)C)cc5)c5ccc(C)cc5C)n4)c4c5ccccc5c5ccccc5c34)n2)c(C)c1. The van der Waals surface area contributed by atoms with E-state index in [2.05, 4.69) is 259 Å². The molecular formula is C66H58N4. The van der Waals surface area contributed by atoms with Gasteiger partial charge in [-0.05, 0) is 155 Å². The third kappa shape index (κ3) is 7.84. The van der Waals surface area contributed by atoms with Crippen molar-refractivity contribution in [2.75, 3.05) is 9.80 Å². The molecule has 70 heavy (non-hydrogen) atoms. The molecule has 2 heterocycles. The number of nitrogens with zero attached hydrogens (tertiary/aromatic N) is 4. The minimum atomic E-state index is 0.427. The van der Waals surface area contributed by atoms with Gasteiger partial charge in [0.2, 0.25) is 0 Å². The molecule has 0 aliphatic heterocycles. The van der Waals surface area contributed by atoms with Gasteiger partial charge in [-0.1, -0.05) is 172 Å². The van der Waals surface area contributed by atoms with Crippen LogP contribution in [0, 0.1) is 27.7 Å². The van der Waals surface area contributed by atoms with Gasteiger partial charge in [-0.15, -0.1) is 0 Å². The van der Waals surface area contributed by atoms with Crippen molar-refractivity contribution >= 4 is 77.5 Å². The molecule has 342 valence electrons. The van der Waals surface area contributed by atoms with Crippen LogP contribution in [0.2, 0.25) is 0 Å².